The van der Waals surface area contributed by atoms with Gasteiger partial charge in [-0.05, 0) is 34.9 Å². The molecule has 0 atom stereocenters. The zero-order valence-electron chi connectivity index (χ0n) is 10.5. The lowest BCUT2D eigenvalue weighted by Gasteiger charge is -2.06. The van der Waals surface area contributed by atoms with E-state index in [-0.39, 0.29) is 5.56 Å². The number of methoxy groups -OCH3 is 1. The number of ether oxygens (including phenoxy) is 1. The van der Waals surface area contributed by atoms with Crippen LogP contribution in [0.15, 0.2) is 49.0 Å². The Bertz CT molecular complexity index is 615. The van der Waals surface area contributed by atoms with E-state index in [0.29, 0.717) is 5.56 Å². The second-order valence-electron chi connectivity index (χ2n) is 4.05. The fraction of sp³-hybridized carbons (Fsp3) is 0.0625. The first-order chi connectivity index (χ1) is 9.13. The molecule has 0 radical (unpaired) electrons. The van der Waals surface area contributed by atoms with Crippen LogP contribution in [0.3, 0.4) is 0 Å². The molecule has 0 saturated heterocycles. The Hall–Kier alpha value is -2.42. The molecule has 0 fully saturated rings. The predicted molar refractivity (Wildman–Crippen MR) is 73.3 cm³/mol. The largest absolute Gasteiger partial charge is 0.465 e. The molecule has 2 aromatic rings. The summed E-state index contributed by atoms with van der Waals surface area (Å²) in [6, 6.07) is 11.6. The quantitative estimate of drug-likeness (QED) is 0.778. The fourth-order valence-corrected chi connectivity index (χ4v) is 1.80. The zero-order chi connectivity index (χ0) is 13.8. The minimum absolute atomic E-state index is 0.199. The molecular weight excluding hydrogens is 243 g/mol. The topological polar surface area (TPSA) is 26.3 Å². The van der Waals surface area contributed by atoms with Crippen LogP contribution in [-0.2, 0) is 4.74 Å². The Labute approximate surface area is 111 Å². The molecule has 0 heterocycles. The average molecular weight is 256 g/mol. The van der Waals surface area contributed by atoms with Crippen LogP contribution in [0.2, 0.25) is 0 Å². The van der Waals surface area contributed by atoms with Crippen molar-refractivity contribution in [3.05, 3.63) is 66.0 Å². The van der Waals surface area contributed by atoms with Crippen molar-refractivity contribution in [3.63, 3.8) is 0 Å². The number of hydrogen-bond acceptors (Lipinski definition) is 2. The third-order valence-corrected chi connectivity index (χ3v) is 2.80. The first-order valence-electron chi connectivity index (χ1n) is 5.76. The average Bonchev–Trinajstić information content (AvgIpc) is 2.45. The molecule has 0 aliphatic carbocycles. The van der Waals surface area contributed by atoms with Gasteiger partial charge in [-0.25, -0.2) is 9.18 Å². The number of rotatable bonds is 3. The van der Waals surface area contributed by atoms with Crippen molar-refractivity contribution in [1.29, 1.82) is 0 Å². The Morgan fingerprint density at radius 1 is 1.16 bits per heavy atom. The van der Waals surface area contributed by atoms with Crippen molar-refractivity contribution in [1.82, 2.24) is 0 Å². The van der Waals surface area contributed by atoms with Crippen molar-refractivity contribution in [2.24, 2.45) is 0 Å². The van der Waals surface area contributed by atoms with E-state index in [1.807, 2.05) is 24.3 Å². The van der Waals surface area contributed by atoms with Gasteiger partial charge in [-0.15, -0.1) is 0 Å². The number of benzene rings is 2. The van der Waals surface area contributed by atoms with E-state index >= 15 is 0 Å². The van der Waals surface area contributed by atoms with Gasteiger partial charge in [-0.2, -0.15) is 0 Å². The van der Waals surface area contributed by atoms with E-state index in [1.54, 1.807) is 12.1 Å². The zero-order valence-corrected chi connectivity index (χ0v) is 10.5. The highest BCUT2D eigenvalue weighted by molar-refractivity contribution is 5.91. The van der Waals surface area contributed by atoms with Crippen molar-refractivity contribution in [2.75, 3.05) is 7.11 Å². The molecule has 0 bridgehead atoms. The number of carbonyl (C=O) groups is 1. The van der Waals surface area contributed by atoms with Crippen LogP contribution in [0.5, 0.6) is 0 Å². The molecule has 19 heavy (non-hydrogen) atoms. The van der Waals surface area contributed by atoms with Gasteiger partial charge >= 0.3 is 5.97 Å². The summed E-state index contributed by atoms with van der Waals surface area (Å²) in [5.74, 6) is -1.02. The van der Waals surface area contributed by atoms with Crippen molar-refractivity contribution in [2.45, 2.75) is 0 Å². The van der Waals surface area contributed by atoms with Crippen LogP contribution in [0.4, 0.5) is 4.39 Å². The maximum absolute atomic E-state index is 13.5. The Kier molecular flexibility index (Phi) is 3.76. The van der Waals surface area contributed by atoms with E-state index in [2.05, 4.69) is 11.3 Å². The lowest BCUT2D eigenvalue weighted by atomic mass is 10.0. The molecule has 96 valence electrons. The summed E-state index contributed by atoms with van der Waals surface area (Å²) in [7, 11) is 1.27. The van der Waals surface area contributed by atoms with Gasteiger partial charge in [0.15, 0.2) is 0 Å². The standard InChI is InChI=1S/C16H13FO2/c1-3-11-4-6-12(7-5-11)13-8-14(16(18)19-2)10-15(17)9-13/h3-10H,1H2,2H3. The lowest BCUT2D eigenvalue weighted by Crippen LogP contribution is -2.02. The van der Waals surface area contributed by atoms with Crippen LogP contribution in [0.25, 0.3) is 17.2 Å². The Morgan fingerprint density at radius 3 is 2.42 bits per heavy atom. The Morgan fingerprint density at radius 2 is 1.84 bits per heavy atom. The third kappa shape index (κ3) is 2.88. The maximum Gasteiger partial charge on any atom is 0.337 e. The molecule has 0 aliphatic rings. The van der Waals surface area contributed by atoms with Crippen LogP contribution in [0.1, 0.15) is 15.9 Å². The van der Waals surface area contributed by atoms with E-state index < -0.39 is 11.8 Å². The molecule has 0 spiro atoms. The minimum atomic E-state index is -0.552. The molecule has 2 rings (SSSR count). The highest BCUT2D eigenvalue weighted by Crippen LogP contribution is 2.23. The van der Waals surface area contributed by atoms with Gasteiger partial charge in [-0.1, -0.05) is 36.9 Å². The highest BCUT2D eigenvalue weighted by Gasteiger charge is 2.09. The molecule has 0 amide bonds. The minimum Gasteiger partial charge on any atom is -0.465 e. The van der Waals surface area contributed by atoms with Gasteiger partial charge in [0.05, 0.1) is 12.7 Å². The van der Waals surface area contributed by atoms with Crippen molar-refractivity contribution >= 4 is 12.0 Å². The first-order valence-corrected chi connectivity index (χ1v) is 5.76. The lowest BCUT2D eigenvalue weighted by molar-refractivity contribution is 0.0600. The molecular formula is C16H13FO2. The van der Waals surface area contributed by atoms with Gasteiger partial charge in [0.25, 0.3) is 0 Å². The number of carbonyl (C=O) groups excluding carboxylic acids is 1. The Balaban J connectivity index is 2.46. The van der Waals surface area contributed by atoms with Gasteiger partial charge in [0.1, 0.15) is 5.82 Å². The summed E-state index contributed by atoms with van der Waals surface area (Å²) in [6.45, 7) is 3.67. The number of esters is 1. The van der Waals surface area contributed by atoms with Crippen molar-refractivity contribution < 1.29 is 13.9 Å². The van der Waals surface area contributed by atoms with Crippen LogP contribution in [-0.4, -0.2) is 13.1 Å². The second kappa shape index (κ2) is 5.48. The van der Waals surface area contributed by atoms with E-state index in [1.165, 1.54) is 13.2 Å². The van der Waals surface area contributed by atoms with E-state index in [9.17, 15) is 9.18 Å². The predicted octanol–water partition coefficient (Wildman–Crippen LogP) is 3.92. The van der Waals surface area contributed by atoms with Crippen molar-refractivity contribution in [3.8, 4) is 11.1 Å². The summed E-state index contributed by atoms with van der Waals surface area (Å²) in [6.07, 6.45) is 1.73. The molecule has 0 saturated carbocycles. The summed E-state index contributed by atoms with van der Waals surface area (Å²) in [5, 5.41) is 0. The molecule has 0 aliphatic heterocycles. The molecule has 0 unspecified atom stereocenters. The fourth-order valence-electron chi connectivity index (χ4n) is 1.80. The SMILES string of the molecule is C=Cc1ccc(-c2cc(F)cc(C(=O)OC)c2)cc1. The molecule has 0 aromatic heterocycles. The summed E-state index contributed by atoms with van der Waals surface area (Å²) in [4.78, 5) is 11.4. The first kappa shape index (κ1) is 13.0. The molecule has 2 nitrogen and oxygen atoms in total. The smallest absolute Gasteiger partial charge is 0.337 e. The van der Waals surface area contributed by atoms with Gasteiger partial charge in [0.2, 0.25) is 0 Å². The number of halogens is 1. The summed E-state index contributed by atoms with van der Waals surface area (Å²) >= 11 is 0. The van der Waals surface area contributed by atoms with Crippen LogP contribution in [0, 0.1) is 5.82 Å². The summed E-state index contributed by atoms with van der Waals surface area (Å²) < 4.78 is 18.1. The van der Waals surface area contributed by atoms with Crippen LogP contribution < -0.4 is 0 Å². The van der Waals surface area contributed by atoms with E-state index in [0.717, 1.165) is 17.2 Å². The monoisotopic (exact) mass is 256 g/mol. The maximum atomic E-state index is 13.5. The molecule has 3 heteroatoms. The van der Waals surface area contributed by atoms with Gasteiger partial charge < -0.3 is 4.74 Å². The summed E-state index contributed by atoms with van der Waals surface area (Å²) in [5.41, 5.74) is 2.64. The second-order valence-corrected chi connectivity index (χ2v) is 4.05. The van der Waals surface area contributed by atoms with Gasteiger partial charge in [-0.3, -0.25) is 0 Å². The van der Waals surface area contributed by atoms with Crippen LogP contribution >= 0.6 is 0 Å². The molecule has 2 aromatic carbocycles. The number of hydrogen-bond donors (Lipinski definition) is 0. The third-order valence-electron chi connectivity index (χ3n) is 2.80. The van der Waals surface area contributed by atoms with Gasteiger partial charge in [0, 0.05) is 0 Å². The highest BCUT2D eigenvalue weighted by atomic mass is 19.1. The normalized spacial score (nSPS) is 10.0. The molecule has 0 N–H and O–H groups in total. The van der Waals surface area contributed by atoms with E-state index in [4.69, 9.17) is 0 Å².